The van der Waals surface area contributed by atoms with E-state index in [2.05, 4.69) is 36.9 Å². The van der Waals surface area contributed by atoms with Crippen LogP contribution < -0.4 is 10.2 Å². The highest BCUT2D eigenvalue weighted by Crippen LogP contribution is 2.29. The van der Waals surface area contributed by atoms with Crippen molar-refractivity contribution in [3.63, 3.8) is 0 Å². The predicted octanol–water partition coefficient (Wildman–Crippen LogP) is 2.22. The maximum Gasteiger partial charge on any atom is 0.226 e. The summed E-state index contributed by atoms with van der Waals surface area (Å²) in [7, 11) is 0. The Bertz CT molecular complexity index is 934. The molecule has 1 saturated heterocycles. The van der Waals surface area contributed by atoms with Crippen molar-refractivity contribution in [3.8, 4) is 0 Å². The van der Waals surface area contributed by atoms with Crippen molar-refractivity contribution in [1.29, 1.82) is 0 Å². The fourth-order valence-corrected chi connectivity index (χ4v) is 4.31. The van der Waals surface area contributed by atoms with Gasteiger partial charge in [-0.3, -0.25) is 9.59 Å². The summed E-state index contributed by atoms with van der Waals surface area (Å²) in [5.41, 5.74) is 1.55. The van der Waals surface area contributed by atoms with Crippen molar-refractivity contribution in [1.82, 2.24) is 19.5 Å². The van der Waals surface area contributed by atoms with Crippen LogP contribution in [0.5, 0.6) is 0 Å². The first kappa shape index (κ1) is 17.8. The molecule has 1 aliphatic rings. The number of carbonyl (C=O) groups excluding carboxylic acids is 2. The van der Waals surface area contributed by atoms with Crippen molar-refractivity contribution >= 4 is 55.7 Å². The molecule has 0 saturated carbocycles. The van der Waals surface area contributed by atoms with Gasteiger partial charge >= 0.3 is 0 Å². The molecule has 0 aliphatic carbocycles. The molecule has 3 aromatic rings. The van der Waals surface area contributed by atoms with E-state index in [4.69, 9.17) is 0 Å². The van der Waals surface area contributed by atoms with E-state index in [1.54, 1.807) is 5.51 Å². The maximum atomic E-state index is 12.4. The van der Waals surface area contributed by atoms with E-state index in [1.165, 1.54) is 27.6 Å². The van der Waals surface area contributed by atoms with Crippen LogP contribution >= 0.6 is 22.9 Å². The van der Waals surface area contributed by atoms with Crippen LogP contribution in [0.2, 0.25) is 0 Å². The van der Waals surface area contributed by atoms with Crippen LogP contribution in [-0.2, 0) is 9.59 Å². The van der Waals surface area contributed by atoms with Crippen LogP contribution in [0.3, 0.4) is 0 Å². The zero-order valence-corrected chi connectivity index (χ0v) is 16.1. The molecular weight excluding hydrogens is 384 g/mol. The van der Waals surface area contributed by atoms with Gasteiger partial charge in [-0.1, -0.05) is 23.5 Å². The van der Waals surface area contributed by atoms with E-state index >= 15 is 0 Å². The lowest BCUT2D eigenvalue weighted by atomic mass is 10.2. The standard InChI is InChI=1S/C17H18N6O2S2/c24-14(19-17-20-18-11-26-17)5-6-15(25)22-7-9-23(10-8-22)16-12-3-1-2-4-13(12)27-21-16/h1-4,11H,5-10H2,(H,19,20,24). The fourth-order valence-electron chi connectivity index (χ4n) is 3.06. The number of fused-ring (bicyclic) bond motifs is 1. The van der Waals surface area contributed by atoms with Crippen LogP contribution in [0.15, 0.2) is 29.8 Å². The Morgan fingerprint density at radius 3 is 2.70 bits per heavy atom. The Morgan fingerprint density at radius 1 is 1.11 bits per heavy atom. The van der Waals surface area contributed by atoms with Gasteiger partial charge in [0.2, 0.25) is 16.9 Å². The van der Waals surface area contributed by atoms with Crippen molar-refractivity contribution in [2.24, 2.45) is 0 Å². The number of piperazine rings is 1. The molecule has 10 heteroatoms. The summed E-state index contributed by atoms with van der Waals surface area (Å²) in [4.78, 5) is 28.3. The highest BCUT2D eigenvalue weighted by Gasteiger charge is 2.24. The molecule has 1 fully saturated rings. The summed E-state index contributed by atoms with van der Waals surface area (Å²) in [6.45, 7) is 2.78. The van der Waals surface area contributed by atoms with Crippen molar-refractivity contribution in [2.45, 2.75) is 12.8 Å². The van der Waals surface area contributed by atoms with Gasteiger partial charge in [-0.2, -0.15) is 4.37 Å². The van der Waals surface area contributed by atoms with Gasteiger partial charge in [0, 0.05) is 44.4 Å². The summed E-state index contributed by atoms with van der Waals surface area (Å²) in [5, 5.41) is 11.7. The van der Waals surface area contributed by atoms with Gasteiger partial charge in [0.25, 0.3) is 0 Å². The maximum absolute atomic E-state index is 12.4. The van der Waals surface area contributed by atoms with E-state index in [1.807, 2.05) is 17.0 Å². The second-order valence-corrected chi connectivity index (χ2v) is 7.80. The summed E-state index contributed by atoms with van der Waals surface area (Å²) >= 11 is 2.75. The van der Waals surface area contributed by atoms with Gasteiger partial charge in [0.05, 0.1) is 4.70 Å². The summed E-state index contributed by atoms with van der Waals surface area (Å²) in [6, 6.07) is 8.19. The second kappa shape index (κ2) is 7.97. The molecule has 2 amide bonds. The first-order chi connectivity index (χ1) is 13.2. The third-order valence-corrected chi connectivity index (χ3v) is 5.89. The van der Waals surface area contributed by atoms with Crippen molar-refractivity contribution in [2.75, 3.05) is 36.4 Å². The number of benzene rings is 1. The van der Waals surface area contributed by atoms with Crippen LogP contribution in [0.25, 0.3) is 10.1 Å². The van der Waals surface area contributed by atoms with Crippen molar-refractivity contribution < 1.29 is 9.59 Å². The van der Waals surface area contributed by atoms with E-state index in [0.717, 1.165) is 24.3 Å². The third-order valence-electron chi connectivity index (χ3n) is 4.46. The van der Waals surface area contributed by atoms with Crippen molar-refractivity contribution in [3.05, 3.63) is 29.8 Å². The number of nitrogens with zero attached hydrogens (tertiary/aromatic N) is 5. The average molecular weight is 403 g/mol. The summed E-state index contributed by atoms with van der Waals surface area (Å²) in [5.74, 6) is 0.789. The van der Waals surface area contributed by atoms with Crippen LogP contribution in [0.1, 0.15) is 12.8 Å². The number of aromatic nitrogens is 3. The molecule has 1 aliphatic heterocycles. The highest BCUT2D eigenvalue weighted by molar-refractivity contribution is 7.14. The van der Waals surface area contributed by atoms with E-state index in [0.29, 0.717) is 18.2 Å². The summed E-state index contributed by atoms with van der Waals surface area (Å²) < 4.78 is 5.76. The lowest BCUT2D eigenvalue weighted by Gasteiger charge is -2.35. The number of nitrogens with one attached hydrogen (secondary N) is 1. The van der Waals surface area contributed by atoms with E-state index in [9.17, 15) is 9.59 Å². The predicted molar refractivity (Wildman–Crippen MR) is 106 cm³/mol. The molecule has 0 atom stereocenters. The molecule has 27 heavy (non-hydrogen) atoms. The Kier molecular flexibility index (Phi) is 5.26. The van der Waals surface area contributed by atoms with Gasteiger partial charge in [-0.05, 0) is 23.7 Å². The van der Waals surface area contributed by atoms with E-state index < -0.39 is 0 Å². The molecule has 1 N–H and O–H groups in total. The number of carbonyl (C=O) groups is 2. The molecule has 1 aromatic carbocycles. The minimum atomic E-state index is -0.215. The highest BCUT2D eigenvalue weighted by atomic mass is 32.1. The molecule has 0 bridgehead atoms. The number of hydrogen-bond donors (Lipinski definition) is 1. The molecule has 140 valence electrons. The molecule has 8 nitrogen and oxygen atoms in total. The van der Waals surface area contributed by atoms with Crippen LogP contribution in [-0.4, -0.2) is 57.5 Å². The van der Waals surface area contributed by atoms with Gasteiger partial charge < -0.3 is 15.1 Å². The Balaban J connectivity index is 1.27. The largest absolute Gasteiger partial charge is 0.352 e. The molecule has 3 heterocycles. The Morgan fingerprint density at radius 2 is 1.93 bits per heavy atom. The van der Waals surface area contributed by atoms with Crippen LogP contribution in [0, 0.1) is 0 Å². The lowest BCUT2D eigenvalue weighted by molar-refractivity contribution is -0.133. The fraction of sp³-hybridized carbons (Fsp3) is 0.353. The Hall–Kier alpha value is -2.59. The minimum Gasteiger partial charge on any atom is -0.352 e. The van der Waals surface area contributed by atoms with Crippen LogP contribution in [0.4, 0.5) is 10.9 Å². The topological polar surface area (TPSA) is 91.3 Å². The van der Waals surface area contributed by atoms with Gasteiger partial charge in [-0.25, -0.2) is 0 Å². The molecule has 2 aromatic heterocycles. The molecule has 0 spiro atoms. The zero-order valence-electron chi connectivity index (χ0n) is 14.5. The molecule has 0 unspecified atom stereocenters. The quantitative estimate of drug-likeness (QED) is 0.704. The SMILES string of the molecule is O=C(CCC(=O)N1CCN(c2nsc3ccccc23)CC1)Nc1nncs1. The summed E-state index contributed by atoms with van der Waals surface area (Å²) in [6.07, 6.45) is 0.347. The number of rotatable bonds is 5. The number of amides is 2. The molecule has 4 rings (SSSR count). The van der Waals surface area contributed by atoms with Gasteiger partial charge in [0.1, 0.15) is 11.3 Å². The minimum absolute atomic E-state index is 0.00481. The van der Waals surface area contributed by atoms with Gasteiger partial charge in [0.15, 0.2) is 0 Å². The average Bonchev–Trinajstić information content (AvgIpc) is 3.36. The second-order valence-electron chi connectivity index (χ2n) is 6.16. The Labute approximate surface area is 164 Å². The smallest absolute Gasteiger partial charge is 0.226 e. The third kappa shape index (κ3) is 4.06. The normalized spacial score (nSPS) is 14.5. The lowest BCUT2D eigenvalue weighted by Crippen LogP contribution is -2.49. The van der Waals surface area contributed by atoms with E-state index in [-0.39, 0.29) is 24.7 Å². The zero-order chi connectivity index (χ0) is 18.6. The monoisotopic (exact) mass is 402 g/mol. The molecular formula is C17H18N6O2S2. The number of hydrogen-bond acceptors (Lipinski definition) is 8. The van der Waals surface area contributed by atoms with Gasteiger partial charge in [-0.15, -0.1) is 10.2 Å². The first-order valence-corrected chi connectivity index (χ1v) is 10.3. The number of anilines is 2. The first-order valence-electron chi connectivity index (χ1n) is 8.64. The molecule has 0 radical (unpaired) electrons.